The first-order valence-corrected chi connectivity index (χ1v) is 7.12. The Bertz CT molecular complexity index is 450. The Morgan fingerprint density at radius 1 is 1.33 bits per heavy atom. The first-order valence-electron chi connectivity index (χ1n) is 7.12. The van der Waals surface area contributed by atoms with E-state index in [-0.39, 0.29) is 30.0 Å². The molecule has 1 aromatic rings. The molecule has 0 fully saturated rings. The van der Waals surface area contributed by atoms with E-state index in [1.807, 2.05) is 20.8 Å². The summed E-state index contributed by atoms with van der Waals surface area (Å²) in [5.41, 5.74) is 5.77. The zero-order valence-corrected chi connectivity index (χ0v) is 13.2. The van der Waals surface area contributed by atoms with E-state index >= 15 is 0 Å². The number of amides is 1. The Labute approximate surface area is 125 Å². The van der Waals surface area contributed by atoms with Crippen LogP contribution >= 0.6 is 0 Å². The van der Waals surface area contributed by atoms with Crippen molar-refractivity contribution in [1.82, 2.24) is 5.32 Å². The largest absolute Gasteiger partial charge is 0.490 e. The van der Waals surface area contributed by atoms with E-state index in [0.29, 0.717) is 11.3 Å². The summed E-state index contributed by atoms with van der Waals surface area (Å²) < 4.78 is 18.4. The minimum absolute atomic E-state index is 0.134. The summed E-state index contributed by atoms with van der Waals surface area (Å²) in [5, 5.41) is 2.89. The molecule has 2 atom stereocenters. The highest BCUT2D eigenvalue weighted by molar-refractivity contribution is 5.94. The predicted octanol–water partition coefficient (Wildman–Crippen LogP) is 2.53. The van der Waals surface area contributed by atoms with Crippen LogP contribution in [0, 0.1) is 5.92 Å². The lowest BCUT2D eigenvalue weighted by molar-refractivity contribution is 0.0919. The molecule has 0 aliphatic rings. The molecule has 2 unspecified atom stereocenters. The van der Waals surface area contributed by atoms with Crippen LogP contribution < -0.4 is 15.8 Å². The van der Waals surface area contributed by atoms with Crippen molar-refractivity contribution in [3.05, 3.63) is 29.8 Å². The van der Waals surface area contributed by atoms with Crippen LogP contribution in [0.4, 0.5) is 4.39 Å². The van der Waals surface area contributed by atoms with Gasteiger partial charge in [-0.25, -0.2) is 0 Å². The number of ether oxygens (including phenoxy) is 1. The summed E-state index contributed by atoms with van der Waals surface area (Å²) in [5.74, 6) is 0.140. The maximum absolute atomic E-state index is 12.7. The molecule has 0 aromatic heterocycles. The highest BCUT2D eigenvalue weighted by atomic mass is 19.1. The van der Waals surface area contributed by atoms with Gasteiger partial charge in [-0.2, -0.15) is 0 Å². The van der Waals surface area contributed by atoms with E-state index in [1.54, 1.807) is 31.2 Å². The van der Waals surface area contributed by atoms with E-state index in [0.717, 1.165) is 0 Å². The van der Waals surface area contributed by atoms with Crippen LogP contribution in [0.25, 0.3) is 0 Å². The van der Waals surface area contributed by atoms with Crippen LogP contribution in [0.2, 0.25) is 0 Å². The summed E-state index contributed by atoms with van der Waals surface area (Å²) >= 11 is 0. The molecule has 0 aliphatic carbocycles. The van der Waals surface area contributed by atoms with Crippen molar-refractivity contribution in [2.24, 2.45) is 11.7 Å². The van der Waals surface area contributed by atoms with Crippen molar-refractivity contribution >= 4 is 5.91 Å². The van der Waals surface area contributed by atoms with Gasteiger partial charge in [0, 0.05) is 23.6 Å². The summed E-state index contributed by atoms with van der Waals surface area (Å²) in [7, 11) is 0. The maximum Gasteiger partial charge on any atom is 0.251 e. The summed E-state index contributed by atoms with van der Waals surface area (Å²) in [4.78, 5) is 12.0. The van der Waals surface area contributed by atoms with Gasteiger partial charge < -0.3 is 15.8 Å². The summed E-state index contributed by atoms with van der Waals surface area (Å²) in [6.07, 6.45) is -0.311. The number of nitrogens with two attached hydrogens (primary N) is 1. The third-order valence-electron chi connectivity index (χ3n) is 3.09. The van der Waals surface area contributed by atoms with Crippen molar-refractivity contribution in [2.75, 3.05) is 13.2 Å². The number of carbonyl (C=O) groups excluding carboxylic acids is 1. The molecule has 0 bridgehead atoms. The van der Waals surface area contributed by atoms with Crippen molar-refractivity contribution < 1.29 is 13.9 Å². The zero-order chi connectivity index (χ0) is 16.0. The number of nitrogens with one attached hydrogen (secondary N) is 1. The van der Waals surface area contributed by atoms with Gasteiger partial charge in [0.25, 0.3) is 5.91 Å². The monoisotopic (exact) mass is 296 g/mol. The van der Waals surface area contributed by atoms with Gasteiger partial charge in [-0.05, 0) is 52.0 Å². The van der Waals surface area contributed by atoms with E-state index in [1.165, 1.54) is 0 Å². The molecule has 1 aromatic carbocycles. The average molecular weight is 296 g/mol. The molecule has 4 nitrogen and oxygen atoms in total. The van der Waals surface area contributed by atoms with Gasteiger partial charge in [-0.3, -0.25) is 9.18 Å². The lowest BCUT2D eigenvalue weighted by Crippen LogP contribution is -2.40. The van der Waals surface area contributed by atoms with E-state index < -0.39 is 6.67 Å². The van der Waals surface area contributed by atoms with Crippen LogP contribution in [-0.2, 0) is 0 Å². The van der Waals surface area contributed by atoms with E-state index in [2.05, 4.69) is 5.32 Å². The molecule has 0 saturated carbocycles. The van der Waals surface area contributed by atoms with Crippen molar-refractivity contribution in [1.29, 1.82) is 0 Å². The molecule has 118 valence electrons. The Kier molecular flexibility index (Phi) is 6.15. The molecule has 5 heteroatoms. The Balaban J connectivity index is 2.68. The number of hydrogen-bond donors (Lipinski definition) is 2. The molecule has 21 heavy (non-hydrogen) atoms. The van der Waals surface area contributed by atoms with Gasteiger partial charge in [-0.15, -0.1) is 0 Å². The standard InChI is InChI=1S/C16H25FN2O2/c1-11(13(9-17)10-18)21-14-7-5-12(6-8-14)15(20)19-16(2,3)4/h5-8,11,13H,9-10,18H2,1-4H3,(H,19,20). The SMILES string of the molecule is CC(Oc1ccc(C(=O)NC(C)(C)C)cc1)C(CN)CF. The minimum atomic E-state index is -0.510. The maximum atomic E-state index is 12.7. The van der Waals surface area contributed by atoms with Crippen LogP contribution in [0.3, 0.4) is 0 Å². The highest BCUT2D eigenvalue weighted by Crippen LogP contribution is 2.17. The third-order valence-corrected chi connectivity index (χ3v) is 3.09. The molecule has 0 heterocycles. The summed E-state index contributed by atoms with van der Waals surface area (Å²) in [6.45, 7) is 7.29. The second-order valence-electron chi connectivity index (χ2n) is 6.20. The first kappa shape index (κ1) is 17.4. The predicted molar refractivity (Wildman–Crippen MR) is 82.3 cm³/mol. The van der Waals surface area contributed by atoms with Crippen molar-refractivity contribution in [3.8, 4) is 5.75 Å². The summed E-state index contributed by atoms with van der Waals surface area (Å²) in [6, 6.07) is 6.80. The zero-order valence-electron chi connectivity index (χ0n) is 13.2. The fourth-order valence-electron chi connectivity index (χ4n) is 1.79. The molecule has 3 N–H and O–H groups in total. The molecule has 1 rings (SSSR count). The van der Waals surface area contributed by atoms with E-state index in [9.17, 15) is 9.18 Å². The van der Waals surface area contributed by atoms with Crippen LogP contribution in [0.5, 0.6) is 5.75 Å². The van der Waals surface area contributed by atoms with Crippen LogP contribution in [-0.4, -0.2) is 30.8 Å². The fourth-order valence-corrected chi connectivity index (χ4v) is 1.79. The van der Waals surface area contributed by atoms with Crippen molar-refractivity contribution in [2.45, 2.75) is 39.3 Å². The second-order valence-corrected chi connectivity index (χ2v) is 6.20. The number of benzene rings is 1. The van der Waals surface area contributed by atoms with Crippen LogP contribution in [0.15, 0.2) is 24.3 Å². The van der Waals surface area contributed by atoms with Gasteiger partial charge >= 0.3 is 0 Å². The second kappa shape index (κ2) is 7.41. The Hall–Kier alpha value is -1.62. The Morgan fingerprint density at radius 2 is 1.90 bits per heavy atom. The van der Waals surface area contributed by atoms with Crippen LogP contribution in [0.1, 0.15) is 38.1 Å². The average Bonchev–Trinajstić information content (AvgIpc) is 2.39. The molecule has 0 saturated heterocycles. The van der Waals surface area contributed by atoms with E-state index in [4.69, 9.17) is 10.5 Å². The van der Waals surface area contributed by atoms with Gasteiger partial charge in [0.05, 0.1) is 6.67 Å². The number of halogens is 1. The topological polar surface area (TPSA) is 64.3 Å². The smallest absolute Gasteiger partial charge is 0.251 e. The molecule has 0 aliphatic heterocycles. The molecule has 0 radical (unpaired) electrons. The fraction of sp³-hybridized carbons (Fsp3) is 0.562. The normalized spacial score (nSPS) is 14.4. The van der Waals surface area contributed by atoms with Gasteiger partial charge in [0.1, 0.15) is 11.9 Å². The lowest BCUT2D eigenvalue weighted by atomic mass is 10.1. The highest BCUT2D eigenvalue weighted by Gasteiger charge is 2.18. The minimum Gasteiger partial charge on any atom is -0.490 e. The third kappa shape index (κ3) is 5.71. The molecular formula is C16H25FN2O2. The number of carbonyl (C=O) groups is 1. The van der Waals surface area contributed by atoms with Crippen molar-refractivity contribution in [3.63, 3.8) is 0 Å². The number of hydrogen-bond acceptors (Lipinski definition) is 3. The first-order chi connectivity index (χ1) is 9.76. The van der Waals surface area contributed by atoms with Gasteiger partial charge in [-0.1, -0.05) is 0 Å². The Morgan fingerprint density at radius 3 is 2.33 bits per heavy atom. The number of alkyl halides is 1. The van der Waals surface area contributed by atoms with Gasteiger partial charge in [0.15, 0.2) is 0 Å². The van der Waals surface area contributed by atoms with Gasteiger partial charge in [0.2, 0.25) is 0 Å². The quantitative estimate of drug-likeness (QED) is 0.848. The molecular weight excluding hydrogens is 271 g/mol. The molecule has 0 spiro atoms. The number of rotatable bonds is 6. The lowest BCUT2D eigenvalue weighted by Gasteiger charge is -2.22. The molecule has 1 amide bonds.